The maximum absolute atomic E-state index is 5.94. The molecule has 0 unspecified atom stereocenters. The van der Waals surface area contributed by atoms with Crippen LogP contribution >= 0.6 is 15.9 Å². The predicted molar refractivity (Wildman–Crippen MR) is 85.2 cm³/mol. The molecule has 1 atom stereocenters. The van der Waals surface area contributed by atoms with Crippen LogP contribution in [0.1, 0.15) is 36.8 Å². The van der Waals surface area contributed by atoms with Crippen LogP contribution in [0.25, 0.3) is 0 Å². The van der Waals surface area contributed by atoms with Gasteiger partial charge in [-0.25, -0.2) is 0 Å². The molecule has 20 heavy (non-hydrogen) atoms. The van der Waals surface area contributed by atoms with Crippen molar-refractivity contribution in [2.45, 2.75) is 33.2 Å². The van der Waals surface area contributed by atoms with Crippen LogP contribution in [0.2, 0.25) is 0 Å². The Morgan fingerprint density at radius 3 is 2.65 bits per heavy atom. The maximum Gasteiger partial charge on any atom is 0.148 e. The third-order valence-corrected chi connectivity index (χ3v) is 3.78. The minimum Gasteiger partial charge on any atom is -0.455 e. The number of ether oxygens (including phenoxy) is 1. The van der Waals surface area contributed by atoms with E-state index in [2.05, 4.69) is 27.8 Å². The number of pyridine rings is 1. The highest BCUT2D eigenvalue weighted by atomic mass is 79.9. The zero-order chi connectivity index (χ0) is 14.7. The lowest BCUT2D eigenvalue weighted by atomic mass is 10.1. The summed E-state index contributed by atoms with van der Waals surface area (Å²) in [7, 11) is 0. The maximum atomic E-state index is 5.94. The summed E-state index contributed by atoms with van der Waals surface area (Å²) < 4.78 is 6.90. The molecular weight excluding hydrogens is 316 g/mol. The predicted octanol–water partition coefficient (Wildman–Crippen LogP) is 4.53. The summed E-state index contributed by atoms with van der Waals surface area (Å²) in [6.07, 6.45) is 0.843. The summed E-state index contributed by atoms with van der Waals surface area (Å²) in [5.74, 6) is 1.58. The summed E-state index contributed by atoms with van der Waals surface area (Å²) in [5, 5.41) is 0. The molecule has 0 saturated heterocycles. The standard InChI is InChI=1S/C16H19BrN2O/c1-4-15-16(8-5-10(2)19-15)20-12-6-7-13(11(3)18)14(17)9-12/h5-9,11H,4,18H2,1-3H3/t11-/m0/s1. The highest BCUT2D eigenvalue weighted by Gasteiger charge is 2.09. The Morgan fingerprint density at radius 2 is 2.05 bits per heavy atom. The number of nitrogens with zero attached hydrogens (tertiary/aromatic N) is 1. The van der Waals surface area contributed by atoms with Crippen LogP contribution in [-0.2, 0) is 6.42 Å². The zero-order valence-electron chi connectivity index (χ0n) is 12.0. The monoisotopic (exact) mass is 334 g/mol. The van der Waals surface area contributed by atoms with Crippen molar-refractivity contribution in [3.05, 3.63) is 51.8 Å². The number of nitrogens with two attached hydrogens (primary N) is 1. The molecule has 2 rings (SSSR count). The zero-order valence-corrected chi connectivity index (χ0v) is 13.6. The first kappa shape index (κ1) is 15.0. The van der Waals surface area contributed by atoms with Crippen molar-refractivity contribution in [1.82, 2.24) is 4.98 Å². The van der Waals surface area contributed by atoms with Gasteiger partial charge in [0.1, 0.15) is 11.5 Å². The topological polar surface area (TPSA) is 48.1 Å². The Balaban J connectivity index is 2.28. The van der Waals surface area contributed by atoms with E-state index in [0.717, 1.165) is 39.3 Å². The number of aromatic nitrogens is 1. The van der Waals surface area contributed by atoms with Crippen molar-refractivity contribution < 1.29 is 4.74 Å². The molecule has 0 fully saturated rings. The van der Waals surface area contributed by atoms with Gasteiger partial charge in [-0.2, -0.15) is 0 Å². The van der Waals surface area contributed by atoms with E-state index < -0.39 is 0 Å². The van der Waals surface area contributed by atoms with Crippen molar-refractivity contribution in [3.8, 4) is 11.5 Å². The van der Waals surface area contributed by atoms with Crippen LogP contribution in [0.15, 0.2) is 34.8 Å². The second-order valence-corrected chi connectivity index (χ2v) is 5.68. The fourth-order valence-corrected chi connectivity index (χ4v) is 2.73. The van der Waals surface area contributed by atoms with Crippen LogP contribution < -0.4 is 10.5 Å². The van der Waals surface area contributed by atoms with E-state index in [1.54, 1.807) is 0 Å². The van der Waals surface area contributed by atoms with Gasteiger partial charge in [0.05, 0.1) is 5.69 Å². The molecular formula is C16H19BrN2O. The van der Waals surface area contributed by atoms with E-state index >= 15 is 0 Å². The van der Waals surface area contributed by atoms with Crippen LogP contribution in [0.5, 0.6) is 11.5 Å². The lowest BCUT2D eigenvalue weighted by Gasteiger charge is -2.13. The van der Waals surface area contributed by atoms with E-state index in [0.29, 0.717) is 0 Å². The molecule has 3 nitrogen and oxygen atoms in total. The largest absolute Gasteiger partial charge is 0.455 e. The third-order valence-electron chi connectivity index (χ3n) is 3.10. The Labute approximate surface area is 128 Å². The van der Waals surface area contributed by atoms with Crippen LogP contribution in [0, 0.1) is 6.92 Å². The summed E-state index contributed by atoms with van der Waals surface area (Å²) in [5.41, 5.74) is 8.94. The second-order valence-electron chi connectivity index (χ2n) is 4.83. The molecule has 0 aliphatic rings. The van der Waals surface area contributed by atoms with Crippen molar-refractivity contribution in [2.75, 3.05) is 0 Å². The number of benzene rings is 1. The molecule has 2 aromatic rings. The van der Waals surface area contributed by atoms with Gasteiger partial charge in [0.15, 0.2) is 0 Å². The van der Waals surface area contributed by atoms with E-state index in [9.17, 15) is 0 Å². The molecule has 0 aliphatic carbocycles. The van der Waals surface area contributed by atoms with Crippen molar-refractivity contribution in [3.63, 3.8) is 0 Å². The van der Waals surface area contributed by atoms with Gasteiger partial charge in [0.25, 0.3) is 0 Å². The average Bonchev–Trinajstić information content (AvgIpc) is 2.40. The quantitative estimate of drug-likeness (QED) is 0.893. The normalized spacial score (nSPS) is 12.2. The molecule has 4 heteroatoms. The summed E-state index contributed by atoms with van der Waals surface area (Å²) in [4.78, 5) is 4.50. The van der Waals surface area contributed by atoms with Gasteiger partial charge in [0, 0.05) is 16.2 Å². The first-order chi connectivity index (χ1) is 9.51. The van der Waals surface area contributed by atoms with Crippen LogP contribution in [0.3, 0.4) is 0 Å². The molecule has 0 radical (unpaired) electrons. The minimum absolute atomic E-state index is 0.00864. The lowest BCUT2D eigenvalue weighted by Crippen LogP contribution is -2.05. The summed E-state index contributed by atoms with van der Waals surface area (Å²) in [6, 6.07) is 9.78. The van der Waals surface area contributed by atoms with Crippen molar-refractivity contribution in [2.24, 2.45) is 5.73 Å². The first-order valence-corrected chi connectivity index (χ1v) is 7.50. The molecule has 0 saturated carbocycles. The van der Waals surface area contributed by atoms with E-state index in [1.807, 2.05) is 44.2 Å². The van der Waals surface area contributed by atoms with Crippen LogP contribution in [0.4, 0.5) is 0 Å². The molecule has 0 aliphatic heterocycles. The van der Waals surface area contributed by atoms with Gasteiger partial charge < -0.3 is 10.5 Å². The van der Waals surface area contributed by atoms with Gasteiger partial charge in [-0.05, 0) is 50.1 Å². The van der Waals surface area contributed by atoms with E-state index in [4.69, 9.17) is 10.5 Å². The lowest BCUT2D eigenvalue weighted by molar-refractivity contribution is 0.472. The molecule has 1 aromatic heterocycles. The van der Waals surface area contributed by atoms with Gasteiger partial charge in [-0.15, -0.1) is 0 Å². The molecule has 0 bridgehead atoms. The van der Waals surface area contributed by atoms with E-state index in [1.165, 1.54) is 0 Å². The smallest absolute Gasteiger partial charge is 0.148 e. The molecule has 0 spiro atoms. The van der Waals surface area contributed by atoms with E-state index in [-0.39, 0.29) is 6.04 Å². The Kier molecular flexibility index (Phi) is 4.78. The minimum atomic E-state index is -0.00864. The van der Waals surface area contributed by atoms with Gasteiger partial charge in [-0.3, -0.25) is 4.98 Å². The Bertz CT molecular complexity index is 611. The fourth-order valence-electron chi connectivity index (χ4n) is 2.01. The Morgan fingerprint density at radius 1 is 1.30 bits per heavy atom. The first-order valence-electron chi connectivity index (χ1n) is 6.70. The van der Waals surface area contributed by atoms with Crippen LogP contribution in [-0.4, -0.2) is 4.98 Å². The fraction of sp³-hybridized carbons (Fsp3) is 0.312. The molecule has 106 valence electrons. The van der Waals surface area contributed by atoms with Gasteiger partial charge in [0.2, 0.25) is 0 Å². The number of hydrogen-bond donors (Lipinski definition) is 1. The highest BCUT2D eigenvalue weighted by molar-refractivity contribution is 9.10. The number of aryl methyl sites for hydroxylation is 2. The number of halogens is 1. The van der Waals surface area contributed by atoms with Gasteiger partial charge >= 0.3 is 0 Å². The number of hydrogen-bond acceptors (Lipinski definition) is 3. The van der Waals surface area contributed by atoms with Crippen molar-refractivity contribution in [1.29, 1.82) is 0 Å². The highest BCUT2D eigenvalue weighted by Crippen LogP contribution is 2.30. The molecule has 1 heterocycles. The SMILES string of the molecule is CCc1nc(C)ccc1Oc1ccc([C@H](C)N)c(Br)c1. The molecule has 0 amide bonds. The number of rotatable bonds is 4. The third kappa shape index (κ3) is 3.38. The average molecular weight is 335 g/mol. The molecule has 1 aromatic carbocycles. The van der Waals surface area contributed by atoms with Crippen molar-refractivity contribution >= 4 is 15.9 Å². The summed E-state index contributed by atoms with van der Waals surface area (Å²) in [6.45, 7) is 6.01. The Hall–Kier alpha value is -1.39. The summed E-state index contributed by atoms with van der Waals surface area (Å²) >= 11 is 3.53. The van der Waals surface area contributed by atoms with Gasteiger partial charge in [-0.1, -0.05) is 28.9 Å². The molecule has 2 N–H and O–H groups in total. The second kappa shape index (κ2) is 6.37.